The molecule has 1 aliphatic heterocycles. The van der Waals surface area contributed by atoms with Crippen LogP contribution in [0.1, 0.15) is 29.7 Å². The van der Waals surface area contributed by atoms with E-state index in [2.05, 4.69) is 4.98 Å². The van der Waals surface area contributed by atoms with Crippen molar-refractivity contribution < 1.29 is 14.3 Å². The molecule has 138 valence electrons. The molecule has 3 rings (SSSR count). The Morgan fingerprint density at radius 1 is 1.19 bits per heavy atom. The van der Waals surface area contributed by atoms with Crippen LogP contribution in [-0.4, -0.2) is 64.5 Å². The summed E-state index contributed by atoms with van der Waals surface area (Å²) in [6.45, 7) is 4.21. The smallest absolute Gasteiger partial charge is 0.254 e. The van der Waals surface area contributed by atoms with Gasteiger partial charge in [-0.1, -0.05) is 6.07 Å². The van der Waals surface area contributed by atoms with Crippen LogP contribution in [0.25, 0.3) is 0 Å². The number of nitrogens with zero attached hydrogens (tertiary/aromatic N) is 4. The third kappa shape index (κ3) is 4.04. The van der Waals surface area contributed by atoms with Gasteiger partial charge >= 0.3 is 0 Å². The van der Waals surface area contributed by atoms with E-state index in [1.807, 2.05) is 34.7 Å². The number of aromatic nitrogens is 2. The van der Waals surface area contributed by atoms with Crippen molar-refractivity contribution in [1.82, 2.24) is 19.4 Å². The number of piperazine rings is 1. The number of carbonyl (C=O) groups excluding carboxylic acids is 2. The van der Waals surface area contributed by atoms with Crippen LogP contribution in [0.15, 0.2) is 43.0 Å². The van der Waals surface area contributed by atoms with Gasteiger partial charge in [-0.05, 0) is 25.1 Å². The predicted molar refractivity (Wildman–Crippen MR) is 97.0 cm³/mol. The lowest BCUT2D eigenvalue weighted by Crippen LogP contribution is -2.50. The SMILES string of the molecule is COc1cccc(C(=O)N2CCN(C(=O)C[C@H](C)n3ccnc3)CC2)c1. The number of imidazole rings is 1. The van der Waals surface area contributed by atoms with E-state index in [9.17, 15) is 9.59 Å². The molecular weight excluding hydrogens is 332 g/mol. The Hall–Kier alpha value is -2.83. The average Bonchev–Trinajstić information content (AvgIpc) is 3.22. The van der Waals surface area contributed by atoms with Crippen molar-refractivity contribution in [2.45, 2.75) is 19.4 Å². The maximum atomic E-state index is 12.6. The number of carbonyl (C=O) groups is 2. The molecule has 0 N–H and O–H groups in total. The summed E-state index contributed by atoms with van der Waals surface area (Å²) in [6.07, 6.45) is 5.73. The summed E-state index contributed by atoms with van der Waals surface area (Å²) >= 11 is 0. The molecule has 0 saturated carbocycles. The molecule has 7 heteroatoms. The molecule has 2 aromatic rings. The van der Waals surface area contributed by atoms with Crippen molar-refractivity contribution in [2.75, 3.05) is 33.3 Å². The molecule has 0 spiro atoms. The molecule has 0 bridgehead atoms. The van der Waals surface area contributed by atoms with Gasteiger partial charge in [-0.3, -0.25) is 9.59 Å². The second-order valence-electron chi connectivity index (χ2n) is 6.47. The number of ether oxygens (including phenoxy) is 1. The highest BCUT2D eigenvalue weighted by Crippen LogP contribution is 2.17. The molecule has 26 heavy (non-hydrogen) atoms. The van der Waals surface area contributed by atoms with Gasteiger partial charge in [0.2, 0.25) is 5.91 Å². The summed E-state index contributed by atoms with van der Waals surface area (Å²) < 4.78 is 7.11. The zero-order chi connectivity index (χ0) is 18.5. The van der Waals surface area contributed by atoms with Crippen LogP contribution in [0.5, 0.6) is 5.75 Å². The summed E-state index contributed by atoms with van der Waals surface area (Å²) in [5.41, 5.74) is 0.609. The third-order valence-electron chi connectivity index (χ3n) is 4.74. The highest BCUT2D eigenvalue weighted by Gasteiger charge is 2.25. The first kappa shape index (κ1) is 18.0. The van der Waals surface area contributed by atoms with Gasteiger partial charge < -0.3 is 19.1 Å². The Balaban J connectivity index is 1.53. The van der Waals surface area contributed by atoms with Gasteiger partial charge in [0.15, 0.2) is 0 Å². The van der Waals surface area contributed by atoms with E-state index < -0.39 is 0 Å². The Kier molecular flexibility index (Phi) is 5.55. The normalized spacial score (nSPS) is 15.6. The Labute approximate surface area is 153 Å². The highest BCUT2D eigenvalue weighted by molar-refractivity contribution is 5.94. The molecule has 1 fully saturated rings. The zero-order valence-electron chi connectivity index (χ0n) is 15.2. The Morgan fingerprint density at radius 2 is 1.92 bits per heavy atom. The van der Waals surface area contributed by atoms with Crippen LogP contribution in [0, 0.1) is 0 Å². The van der Waals surface area contributed by atoms with E-state index in [-0.39, 0.29) is 17.9 Å². The highest BCUT2D eigenvalue weighted by atomic mass is 16.5. The van der Waals surface area contributed by atoms with Gasteiger partial charge in [-0.25, -0.2) is 4.98 Å². The minimum absolute atomic E-state index is 0.0252. The van der Waals surface area contributed by atoms with Gasteiger partial charge in [-0.2, -0.15) is 0 Å². The summed E-state index contributed by atoms with van der Waals surface area (Å²) in [7, 11) is 1.58. The molecule has 2 heterocycles. The second-order valence-corrected chi connectivity index (χ2v) is 6.47. The summed E-state index contributed by atoms with van der Waals surface area (Å²) in [5, 5.41) is 0. The molecule has 7 nitrogen and oxygen atoms in total. The van der Waals surface area contributed by atoms with Gasteiger partial charge in [0.1, 0.15) is 5.75 Å². The first-order valence-electron chi connectivity index (χ1n) is 8.77. The molecule has 1 aromatic heterocycles. The lowest BCUT2D eigenvalue weighted by molar-refractivity contribution is -0.133. The van der Waals surface area contributed by atoms with E-state index in [4.69, 9.17) is 4.74 Å². The monoisotopic (exact) mass is 356 g/mol. The van der Waals surface area contributed by atoms with Gasteiger partial charge in [-0.15, -0.1) is 0 Å². The fraction of sp³-hybridized carbons (Fsp3) is 0.421. The standard InChI is InChI=1S/C19H24N4O3/c1-15(23-7-6-20-14-23)12-18(24)21-8-10-22(11-9-21)19(25)16-4-3-5-17(13-16)26-2/h3-7,13-15H,8-12H2,1-2H3/t15-/m0/s1. The number of benzene rings is 1. The van der Waals surface area contributed by atoms with Crippen molar-refractivity contribution in [3.8, 4) is 5.75 Å². The molecule has 1 atom stereocenters. The Bertz CT molecular complexity index is 752. The number of amides is 2. The fourth-order valence-electron chi connectivity index (χ4n) is 3.11. The number of hydrogen-bond donors (Lipinski definition) is 0. The first-order valence-corrected chi connectivity index (χ1v) is 8.77. The van der Waals surface area contributed by atoms with Crippen LogP contribution in [0.3, 0.4) is 0 Å². The molecule has 0 unspecified atom stereocenters. The molecular formula is C19H24N4O3. The van der Waals surface area contributed by atoms with E-state index in [1.165, 1.54) is 0 Å². The summed E-state index contributed by atoms with van der Waals surface area (Å²) in [6, 6.07) is 7.22. The lowest BCUT2D eigenvalue weighted by Gasteiger charge is -2.35. The van der Waals surface area contributed by atoms with Crippen molar-refractivity contribution in [2.24, 2.45) is 0 Å². The van der Waals surface area contributed by atoms with E-state index >= 15 is 0 Å². The van der Waals surface area contributed by atoms with E-state index in [1.54, 1.807) is 36.7 Å². The largest absolute Gasteiger partial charge is 0.497 e. The van der Waals surface area contributed by atoms with Gasteiger partial charge in [0.05, 0.1) is 13.4 Å². The van der Waals surface area contributed by atoms with Crippen molar-refractivity contribution in [3.63, 3.8) is 0 Å². The molecule has 1 saturated heterocycles. The Morgan fingerprint density at radius 3 is 2.58 bits per heavy atom. The summed E-state index contributed by atoms with van der Waals surface area (Å²) in [4.78, 5) is 32.8. The molecule has 0 aliphatic carbocycles. The minimum atomic E-state index is -0.0252. The quantitative estimate of drug-likeness (QED) is 0.820. The molecule has 0 radical (unpaired) electrons. The maximum absolute atomic E-state index is 12.6. The van der Waals surface area contributed by atoms with E-state index in [0.717, 1.165) is 0 Å². The third-order valence-corrected chi connectivity index (χ3v) is 4.74. The van der Waals surface area contributed by atoms with Gasteiger partial charge in [0, 0.05) is 56.6 Å². The average molecular weight is 356 g/mol. The molecule has 2 amide bonds. The van der Waals surface area contributed by atoms with Crippen LogP contribution in [-0.2, 0) is 4.79 Å². The number of methoxy groups -OCH3 is 1. The van der Waals surface area contributed by atoms with Crippen molar-refractivity contribution in [1.29, 1.82) is 0 Å². The maximum Gasteiger partial charge on any atom is 0.254 e. The summed E-state index contributed by atoms with van der Waals surface area (Å²) in [5.74, 6) is 0.751. The van der Waals surface area contributed by atoms with Crippen LogP contribution >= 0.6 is 0 Å². The minimum Gasteiger partial charge on any atom is -0.497 e. The van der Waals surface area contributed by atoms with E-state index in [0.29, 0.717) is 43.9 Å². The van der Waals surface area contributed by atoms with Crippen LogP contribution in [0.4, 0.5) is 0 Å². The number of rotatable bonds is 5. The molecule has 1 aliphatic rings. The number of hydrogen-bond acceptors (Lipinski definition) is 4. The lowest BCUT2D eigenvalue weighted by atomic mass is 10.1. The second kappa shape index (κ2) is 8.03. The van der Waals surface area contributed by atoms with Crippen molar-refractivity contribution in [3.05, 3.63) is 48.5 Å². The zero-order valence-corrected chi connectivity index (χ0v) is 15.2. The van der Waals surface area contributed by atoms with Crippen molar-refractivity contribution >= 4 is 11.8 Å². The van der Waals surface area contributed by atoms with Crippen LogP contribution in [0.2, 0.25) is 0 Å². The van der Waals surface area contributed by atoms with Gasteiger partial charge in [0.25, 0.3) is 5.91 Å². The fourth-order valence-corrected chi connectivity index (χ4v) is 3.11. The first-order chi connectivity index (χ1) is 12.6. The molecule has 1 aromatic carbocycles. The predicted octanol–water partition coefficient (Wildman–Crippen LogP) is 1.83. The van der Waals surface area contributed by atoms with Crippen LogP contribution < -0.4 is 4.74 Å². The topological polar surface area (TPSA) is 67.7 Å².